The lowest BCUT2D eigenvalue weighted by Crippen LogP contribution is -2.44. The molecule has 0 aromatic rings. The lowest BCUT2D eigenvalue weighted by Gasteiger charge is -2.26. The normalized spacial score (nSPS) is 21.8. The van der Waals surface area contributed by atoms with Crippen LogP contribution in [0.4, 0.5) is 4.79 Å². The maximum Gasteiger partial charge on any atom is 0.323 e. The Morgan fingerprint density at radius 3 is 2.53 bits per heavy atom. The van der Waals surface area contributed by atoms with Crippen molar-refractivity contribution in [1.29, 1.82) is 0 Å². The Morgan fingerprint density at radius 1 is 1.53 bits per heavy atom. The molecule has 0 aromatic heterocycles. The highest BCUT2D eigenvalue weighted by molar-refractivity contribution is 5.80. The summed E-state index contributed by atoms with van der Waals surface area (Å²) in [5, 5.41) is 8.73. The van der Waals surface area contributed by atoms with E-state index >= 15 is 0 Å². The molecule has 0 radical (unpaired) electrons. The van der Waals surface area contributed by atoms with Crippen molar-refractivity contribution in [3.05, 3.63) is 12.7 Å². The average molecular weight is 240 g/mol. The van der Waals surface area contributed by atoms with Gasteiger partial charge in [-0.2, -0.15) is 0 Å². The summed E-state index contributed by atoms with van der Waals surface area (Å²) >= 11 is 0. The number of carbonyl (C=O) groups excluding carboxylic acids is 1. The van der Waals surface area contributed by atoms with E-state index in [0.717, 1.165) is 6.42 Å². The summed E-state index contributed by atoms with van der Waals surface area (Å²) in [5.74, 6) is 0.241. The molecule has 0 aliphatic heterocycles. The SMILES string of the molecule is C=CCN(CC(=O)O)C(=O)N(C)CC1CC1C. The quantitative estimate of drug-likeness (QED) is 0.711. The van der Waals surface area contributed by atoms with Crippen LogP contribution in [-0.2, 0) is 4.79 Å². The Morgan fingerprint density at radius 2 is 2.12 bits per heavy atom. The van der Waals surface area contributed by atoms with E-state index in [-0.39, 0.29) is 19.1 Å². The Balaban J connectivity index is 2.49. The molecule has 0 aromatic carbocycles. The van der Waals surface area contributed by atoms with Crippen molar-refractivity contribution in [2.45, 2.75) is 13.3 Å². The second-order valence-electron chi connectivity index (χ2n) is 4.70. The number of aliphatic carboxylic acids is 1. The van der Waals surface area contributed by atoms with Gasteiger partial charge in [0.05, 0.1) is 0 Å². The van der Waals surface area contributed by atoms with Gasteiger partial charge in [0.15, 0.2) is 0 Å². The van der Waals surface area contributed by atoms with Gasteiger partial charge in [-0.05, 0) is 18.3 Å². The van der Waals surface area contributed by atoms with Crippen LogP contribution in [0.1, 0.15) is 13.3 Å². The summed E-state index contributed by atoms with van der Waals surface area (Å²) in [4.78, 5) is 25.5. The van der Waals surface area contributed by atoms with Gasteiger partial charge >= 0.3 is 12.0 Å². The molecule has 1 fully saturated rings. The molecule has 2 amide bonds. The van der Waals surface area contributed by atoms with Gasteiger partial charge in [0.1, 0.15) is 6.54 Å². The molecule has 1 aliphatic rings. The molecule has 2 atom stereocenters. The molecule has 1 saturated carbocycles. The van der Waals surface area contributed by atoms with Gasteiger partial charge in [-0.25, -0.2) is 4.79 Å². The van der Waals surface area contributed by atoms with Crippen molar-refractivity contribution >= 4 is 12.0 Å². The van der Waals surface area contributed by atoms with Crippen molar-refractivity contribution in [2.75, 3.05) is 26.7 Å². The summed E-state index contributed by atoms with van der Waals surface area (Å²) in [6.07, 6.45) is 2.69. The Hall–Kier alpha value is -1.52. The highest BCUT2D eigenvalue weighted by atomic mass is 16.4. The predicted molar refractivity (Wildman–Crippen MR) is 64.7 cm³/mol. The summed E-state index contributed by atoms with van der Waals surface area (Å²) in [7, 11) is 1.71. The van der Waals surface area contributed by atoms with Gasteiger partial charge in [0.25, 0.3) is 0 Å². The molecular weight excluding hydrogens is 220 g/mol. The van der Waals surface area contributed by atoms with Crippen LogP contribution in [0.2, 0.25) is 0 Å². The zero-order chi connectivity index (χ0) is 13.0. The summed E-state index contributed by atoms with van der Waals surface area (Å²) < 4.78 is 0. The molecular formula is C12H20N2O3. The third-order valence-electron chi connectivity index (χ3n) is 3.06. The van der Waals surface area contributed by atoms with E-state index in [1.54, 1.807) is 11.9 Å². The largest absolute Gasteiger partial charge is 0.480 e. The summed E-state index contributed by atoms with van der Waals surface area (Å²) in [6.45, 7) is 6.36. The number of carbonyl (C=O) groups is 2. The molecule has 1 rings (SSSR count). The molecule has 5 heteroatoms. The topological polar surface area (TPSA) is 60.9 Å². The maximum absolute atomic E-state index is 12.0. The highest BCUT2D eigenvalue weighted by Gasteiger charge is 2.34. The molecule has 1 N–H and O–H groups in total. The molecule has 0 bridgehead atoms. The monoisotopic (exact) mass is 240 g/mol. The van der Waals surface area contributed by atoms with Crippen LogP contribution >= 0.6 is 0 Å². The van der Waals surface area contributed by atoms with E-state index in [4.69, 9.17) is 5.11 Å². The molecule has 0 saturated heterocycles. The maximum atomic E-state index is 12.0. The van der Waals surface area contributed by atoms with Gasteiger partial charge < -0.3 is 14.9 Å². The summed E-state index contributed by atoms with van der Waals surface area (Å²) in [5.41, 5.74) is 0. The van der Waals surface area contributed by atoms with Crippen LogP contribution < -0.4 is 0 Å². The van der Waals surface area contributed by atoms with E-state index in [9.17, 15) is 9.59 Å². The first-order valence-electron chi connectivity index (χ1n) is 5.78. The Labute approximate surface area is 102 Å². The van der Waals surface area contributed by atoms with E-state index in [0.29, 0.717) is 18.4 Å². The van der Waals surface area contributed by atoms with E-state index < -0.39 is 5.97 Å². The minimum atomic E-state index is -1.01. The van der Waals surface area contributed by atoms with Crippen molar-refractivity contribution in [3.63, 3.8) is 0 Å². The first kappa shape index (κ1) is 13.5. The number of amides is 2. The number of hydrogen-bond acceptors (Lipinski definition) is 2. The number of rotatable bonds is 6. The average Bonchev–Trinajstić information content (AvgIpc) is 2.91. The first-order chi connectivity index (χ1) is 7.95. The van der Waals surface area contributed by atoms with Crippen molar-refractivity contribution in [2.24, 2.45) is 11.8 Å². The van der Waals surface area contributed by atoms with Gasteiger partial charge in [-0.1, -0.05) is 13.0 Å². The van der Waals surface area contributed by atoms with Crippen LogP contribution in [0, 0.1) is 11.8 Å². The predicted octanol–water partition coefficient (Wildman–Crippen LogP) is 1.27. The number of urea groups is 1. The first-order valence-corrected chi connectivity index (χ1v) is 5.78. The van der Waals surface area contributed by atoms with Crippen LogP contribution in [0.15, 0.2) is 12.7 Å². The number of hydrogen-bond donors (Lipinski definition) is 1. The number of nitrogens with zero attached hydrogens (tertiary/aromatic N) is 2. The fraction of sp³-hybridized carbons (Fsp3) is 0.667. The van der Waals surface area contributed by atoms with Gasteiger partial charge in [-0.3, -0.25) is 4.79 Å². The number of carboxylic acids is 1. The second kappa shape index (κ2) is 5.70. The van der Waals surface area contributed by atoms with E-state index in [1.807, 2.05) is 0 Å². The molecule has 5 nitrogen and oxygen atoms in total. The lowest BCUT2D eigenvalue weighted by molar-refractivity contribution is -0.137. The molecule has 2 unspecified atom stereocenters. The molecule has 17 heavy (non-hydrogen) atoms. The van der Waals surface area contributed by atoms with Crippen LogP contribution in [0.5, 0.6) is 0 Å². The third-order valence-corrected chi connectivity index (χ3v) is 3.06. The smallest absolute Gasteiger partial charge is 0.323 e. The van der Waals surface area contributed by atoms with Crippen molar-refractivity contribution in [3.8, 4) is 0 Å². The van der Waals surface area contributed by atoms with Gasteiger partial charge in [-0.15, -0.1) is 6.58 Å². The Bertz CT molecular complexity index is 317. The molecule has 96 valence electrons. The number of carboxylic acid groups (broad SMARTS) is 1. The van der Waals surface area contributed by atoms with Crippen LogP contribution in [-0.4, -0.2) is 53.6 Å². The van der Waals surface area contributed by atoms with Crippen molar-refractivity contribution < 1.29 is 14.7 Å². The zero-order valence-electron chi connectivity index (χ0n) is 10.4. The lowest BCUT2D eigenvalue weighted by atomic mass is 10.3. The minimum absolute atomic E-state index is 0.244. The van der Waals surface area contributed by atoms with Gasteiger partial charge in [0.2, 0.25) is 0 Å². The molecule has 0 spiro atoms. The second-order valence-corrected chi connectivity index (χ2v) is 4.70. The van der Waals surface area contributed by atoms with Crippen molar-refractivity contribution in [1.82, 2.24) is 9.80 Å². The minimum Gasteiger partial charge on any atom is -0.480 e. The van der Waals surface area contributed by atoms with Crippen LogP contribution in [0.3, 0.4) is 0 Å². The Kier molecular flexibility index (Phi) is 4.54. The molecule has 1 aliphatic carbocycles. The molecule has 0 heterocycles. The standard InChI is InChI=1S/C12H20N2O3/c1-4-5-14(8-11(15)16)12(17)13(3)7-10-6-9(10)2/h4,9-10H,1,5-8H2,2-3H3,(H,15,16). The summed E-state index contributed by atoms with van der Waals surface area (Å²) in [6, 6.07) is -0.244. The van der Waals surface area contributed by atoms with Crippen LogP contribution in [0.25, 0.3) is 0 Å². The van der Waals surface area contributed by atoms with E-state index in [1.165, 1.54) is 11.0 Å². The third kappa shape index (κ3) is 4.09. The highest BCUT2D eigenvalue weighted by Crippen LogP contribution is 2.38. The fourth-order valence-electron chi connectivity index (χ4n) is 1.85. The zero-order valence-corrected chi connectivity index (χ0v) is 10.4. The van der Waals surface area contributed by atoms with E-state index in [2.05, 4.69) is 13.5 Å². The van der Waals surface area contributed by atoms with Gasteiger partial charge in [0, 0.05) is 20.1 Å². The fourth-order valence-corrected chi connectivity index (χ4v) is 1.85.